The summed E-state index contributed by atoms with van der Waals surface area (Å²) in [6, 6.07) is 10.1. The van der Waals surface area contributed by atoms with E-state index in [1.54, 1.807) is 16.0 Å². The number of nitrogens with zero attached hydrogens (tertiary/aromatic N) is 5. The van der Waals surface area contributed by atoms with Crippen LogP contribution in [0.5, 0.6) is 0 Å². The summed E-state index contributed by atoms with van der Waals surface area (Å²) >= 11 is 1.76. The van der Waals surface area contributed by atoms with Gasteiger partial charge in [-0.2, -0.15) is 5.10 Å². The number of hydrogen-bond acceptors (Lipinski definition) is 5. The molecule has 3 rings (SSSR count). The van der Waals surface area contributed by atoms with Crippen molar-refractivity contribution >= 4 is 17.2 Å². The van der Waals surface area contributed by atoms with Crippen LogP contribution in [-0.2, 0) is 6.54 Å². The number of aromatic nitrogens is 4. The fraction of sp³-hybridized carbons (Fsp3) is 0.267. The highest BCUT2D eigenvalue weighted by Gasteiger charge is 2.09. The maximum Gasteiger partial charge on any atom is 0.175 e. The predicted octanol–water partition coefficient (Wildman–Crippen LogP) is 3.06. The number of hydrogen-bond donors (Lipinski definition) is 0. The van der Waals surface area contributed by atoms with Gasteiger partial charge in [-0.3, -0.25) is 0 Å². The van der Waals surface area contributed by atoms with Gasteiger partial charge >= 0.3 is 0 Å². The van der Waals surface area contributed by atoms with E-state index in [1.165, 1.54) is 4.88 Å². The minimum absolute atomic E-state index is 0.735. The Morgan fingerprint density at radius 2 is 2.10 bits per heavy atom. The van der Waals surface area contributed by atoms with Crippen LogP contribution < -0.4 is 4.90 Å². The van der Waals surface area contributed by atoms with Gasteiger partial charge in [0.15, 0.2) is 11.6 Å². The van der Waals surface area contributed by atoms with Crippen molar-refractivity contribution in [1.82, 2.24) is 20.0 Å². The molecule has 0 atom stereocenters. The molecule has 3 aromatic heterocycles. The summed E-state index contributed by atoms with van der Waals surface area (Å²) in [5.74, 6) is 1.62. The third-order valence-corrected chi connectivity index (χ3v) is 4.09. The van der Waals surface area contributed by atoms with Gasteiger partial charge < -0.3 is 4.90 Å². The van der Waals surface area contributed by atoms with Gasteiger partial charge in [0, 0.05) is 17.6 Å². The minimum atomic E-state index is 0.735. The van der Waals surface area contributed by atoms with Crippen LogP contribution in [0.15, 0.2) is 41.9 Å². The zero-order chi connectivity index (χ0) is 14.7. The predicted molar refractivity (Wildman–Crippen MR) is 84.9 cm³/mol. The Labute approximate surface area is 127 Å². The first-order valence-corrected chi connectivity index (χ1v) is 7.78. The van der Waals surface area contributed by atoms with Crippen molar-refractivity contribution in [3.05, 3.63) is 52.5 Å². The van der Waals surface area contributed by atoms with E-state index in [0.717, 1.165) is 30.4 Å². The quantitative estimate of drug-likeness (QED) is 0.726. The van der Waals surface area contributed by atoms with Gasteiger partial charge in [-0.15, -0.1) is 21.5 Å². The summed E-state index contributed by atoms with van der Waals surface area (Å²) in [5, 5.41) is 15.0. The number of rotatable bonds is 5. The van der Waals surface area contributed by atoms with Crippen molar-refractivity contribution < 1.29 is 0 Å². The molecule has 0 aromatic carbocycles. The molecule has 0 radical (unpaired) electrons. The average Bonchev–Trinajstić information content (AvgIpc) is 3.16. The fourth-order valence-electron chi connectivity index (χ4n) is 2.10. The van der Waals surface area contributed by atoms with E-state index in [9.17, 15) is 0 Å². The Bertz CT molecular complexity index is 687. The first kappa shape index (κ1) is 13.8. The normalized spacial score (nSPS) is 10.8. The minimum Gasteiger partial charge on any atom is -0.350 e. The fourth-order valence-corrected chi connectivity index (χ4v) is 2.82. The highest BCUT2D eigenvalue weighted by molar-refractivity contribution is 7.09. The molecule has 3 heterocycles. The van der Waals surface area contributed by atoms with Gasteiger partial charge in [0.2, 0.25) is 0 Å². The highest BCUT2D eigenvalue weighted by Crippen LogP contribution is 2.17. The SMILES string of the molecule is CCN(Cc1cccs1)c1ccc(-n2ccc(C)n2)nn1. The topological polar surface area (TPSA) is 46.8 Å². The van der Waals surface area contributed by atoms with Crippen LogP contribution >= 0.6 is 11.3 Å². The Kier molecular flexibility index (Phi) is 3.96. The van der Waals surface area contributed by atoms with Crippen LogP contribution in [0.2, 0.25) is 0 Å². The van der Waals surface area contributed by atoms with E-state index >= 15 is 0 Å². The lowest BCUT2D eigenvalue weighted by Crippen LogP contribution is -2.23. The third kappa shape index (κ3) is 3.11. The molecule has 0 bridgehead atoms. The smallest absolute Gasteiger partial charge is 0.175 e. The lowest BCUT2D eigenvalue weighted by Gasteiger charge is -2.20. The van der Waals surface area contributed by atoms with Crippen LogP contribution in [0.25, 0.3) is 5.82 Å². The van der Waals surface area contributed by atoms with Crippen LogP contribution in [0, 0.1) is 6.92 Å². The van der Waals surface area contributed by atoms with E-state index in [0.29, 0.717) is 0 Å². The molecule has 0 aliphatic carbocycles. The largest absolute Gasteiger partial charge is 0.350 e. The van der Waals surface area contributed by atoms with Crippen molar-refractivity contribution in [2.75, 3.05) is 11.4 Å². The number of anilines is 1. The molecule has 0 N–H and O–H groups in total. The first-order valence-electron chi connectivity index (χ1n) is 6.90. The zero-order valence-corrected chi connectivity index (χ0v) is 12.9. The number of aryl methyl sites for hydroxylation is 1. The molecule has 3 aromatic rings. The van der Waals surface area contributed by atoms with Crippen LogP contribution in [-0.4, -0.2) is 26.5 Å². The summed E-state index contributed by atoms with van der Waals surface area (Å²) in [4.78, 5) is 3.53. The van der Waals surface area contributed by atoms with Gasteiger partial charge in [0.1, 0.15) is 0 Å². The van der Waals surface area contributed by atoms with E-state index in [1.807, 2.05) is 31.3 Å². The number of thiophene rings is 1. The lowest BCUT2D eigenvalue weighted by molar-refractivity contribution is 0.771. The molecule has 5 nitrogen and oxygen atoms in total. The van der Waals surface area contributed by atoms with Crippen molar-refractivity contribution in [3.63, 3.8) is 0 Å². The summed E-state index contributed by atoms with van der Waals surface area (Å²) < 4.78 is 1.74. The maximum atomic E-state index is 4.34. The van der Waals surface area contributed by atoms with E-state index in [4.69, 9.17) is 0 Å². The second-order valence-electron chi connectivity index (χ2n) is 4.74. The summed E-state index contributed by atoms with van der Waals surface area (Å²) in [6.45, 7) is 5.84. The summed E-state index contributed by atoms with van der Waals surface area (Å²) in [5.41, 5.74) is 0.966. The standard InChI is InChI=1S/C15H17N5S/c1-3-19(11-13-5-4-10-21-13)14-6-7-15(17-16-14)20-9-8-12(2)18-20/h4-10H,3,11H2,1-2H3. The molecule has 0 saturated carbocycles. The van der Waals surface area contributed by atoms with Gasteiger partial charge in [0.25, 0.3) is 0 Å². The van der Waals surface area contributed by atoms with E-state index < -0.39 is 0 Å². The molecule has 0 aliphatic heterocycles. The van der Waals surface area contributed by atoms with Gasteiger partial charge in [-0.05, 0) is 43.5 Å². The molecule has 0 amide bonds. The summed E-state index contributed by atoms with van der Waals surface area (Å²) in [7, 11) is 0. The molecule has 0 aliphatic rings. The second-order valence-corrected chi connectivity index (χ2v) is 5.78. The van der Waals surface area contributed by atoms with Gasteiger partial charge in [-0.1, -0.05) is 6.07 Å². The molecule has 0 fully saturated rings. The molecule has 108 valence electrons. The Balaban J connectivity index is 1.79. The molecule has 0 saturated heterocycles. The van der Waals surface area contributed by atoms with Crippen molar-refractivity contribution in [2.45, 2.75) is 20.4 Å². The molecular weight excluding hydrogens is 282 g/mol. The zero-order valence-electron chi connectivity index (χ0n) is 12.1. The third-order valence-electron chi connectivity index (χ3n) is 3.23. The van der Waals surface area contributed by atoms with Crippen molar-refractivity contribution in [3.8, 4) is 5.82 Å². The van der Waals surface area contributed by atoms with E-state index in [-0.39, 0.29) is 0 Å². The first-order chi connectivity index (χ1) is 10.3. The van der Waals surface area contributed by atoms with Crippen LogP contribution in [0.1, 0.15) is 17.5 Å². The molecule has 0 spiro atoms. The maximum absolute atomic E-state index is 4.34. The molecule has 0 unspecified atom stereocenters. The van der Waals surface area contributed by atoms with Crippen LogP contribution in [0.4, 0.5) is 5.82 Å². The monoisotopic (exact) mass is 299 g/mol. The van der Waals surface area contributed by atoms with Gasteiger partial charge in [0.05, 0.1) is 12.2 Å². The van der Waals surface area contributed by atoms with Crippen LogP contribution in [0.3, 0.4) is 0 Å². The van der Waals surface area contributed by atoms with Crippen molar-refractivity contribution in [1.29, 1.82) is 0 Å². The average molecular weight is 299 g/mol. The molecule has 21 heavy (non-hydrogen) atoms. The second kappa shape index (κ2) is 6.05. The summed E-state index contributed by atoms with van der Waals surface area (Å²) in [6.07, 6.45) is 1.89. The van der Waals surface area contributed by atoms with Gasteiger partial charge in [-0.25, -0.2) is 4.68 Å². The van der Waals surface area contributed by atoms with E-state index in [2.05, 4.69) is 44.6 Å². The lowest BCUT2D eigenvalue weighted by atomic mass is 10.4. The molecule has 6 heteroatoms. The Hall–Kier alpha value is -2.21. The Morgan fingerprint density at radius 3 is 2.67 bits per heavy atom. The highest BCUT2D eigenvalue weighted by atomic mass is 32.1. The van der Waals surface area contributed by atoms with Crippen molar-refractivity contribution in [2.24, 2.45) is 0 Å². The Morgan fingerprint density at radius 1 is 1.19 bits per heavy atom. The molecular formula is C15H17N5S.